The van der Waals surface area contributed by atoms with Crippen molar-refractivity contribution in [1.29, 1.82) is 0 Å². The lowest BCUT2D eigenvalue weighted by Gasteiger charge is -2.18. The third kappa shape index (κ3) is 50.6. The fourth-order valence-electron chi connectivity index (χ4n) is 8.14. The number of unbranched alkanes of at least 4 members (excludes halogenated alkanes) is 35. The van der Waals surface area contributed by atoms with Gasteiger partial charge in [0, 0.05) is 19.3 Å². The maximum Gasteiger partial charge on any atom is 0.306 e. The van der Waals surface area contributed by atoms with Gasteiger partial charge in [-0.1, -0.05) is 243 Å². The number of hydrogen-bond acceptors (Lipinski definition) is 6. The average molecular weight is 899 g/mol. The molecule has 0 radical (unpaired) electrons. The molecule has 0 bridgehead atoms. The van der Waals surface area contributed by atoms with Crippen molar-refractivity contribution >= 4 is 17.9 Å². The van der Waals surface area contributed by atoms with Crippen molar-refractivity contribution in [2.75, 3.05) is 13.2 Å². The van der Waals surface area contributed by atoms with E-state index in [9.17, 15) is 14.4 Å². The standard InChI is InChI=1S/C58H106O6/c1-4-7-10-13-16-19-22-25-27-28-29-30-32-33-36-39-42-45-48-51-57(60)63-54-55(53-62-56(59)50-47-44-41-38-35-24-21-18-15-12-9-6-3)64-58(61)52-49-46-43-40-37-34-31-26-23-20-17-14-11-8-5-2/h16,19-20,22-23,25,55H,4-15,17-18,21,24,26-54H2,1-3H3/b19-16-,23-20-,25-22-. The summed E-state index contributed by atoms with van der Waals surface area (Å²) in [6.07, 6.45) is 62.7. The van der Waals surface area contributed by atoms with Crippen LogP contribution in [0.25, 0.3) is 0 Å². The van der Waals surface area contributed by atoms with Crippen LogP contribution < -0.4 is 0 Å². The van der Waals surface area contributed by atoms with Gasteiger partial charge in [-0.2, -0.15) is 0 Å². The largest absolute Gasteiger partial charge is 0.462 e. The Morgan fingerprint density at radius 2 is 0.562 bits per heavy atom. The molecule has 0 amide bonds. The minimum atomic E-state index is -0.772. The first kappa shape index (κ1) is 61.6. The van der Waals surface area contributed by atoms with Crippen molar-refractivity contribution < 1.29 is 28.6 Å². The quantitative estimate of drug-likeness (QED) is 0.0199. The van der Waals surface area contributed by atoms with Gasteiger partial charge in [0.2, 0.25) is 0 Å². The summed E-state index contributed by atoms with van der Waals surface area (Å²) in [7, 11) is 0. The van der Waals surface area contributed by atoms with Gasteiger partial charge in [0.1, 0.15) is 13.2 Å². The molecule has 6 heteroatoms. The molecule has 0 aromatic rings. The van der Waals surface area contributed by atoms with Crippen LogP contribution >= 0.6 is 0 Å². The minimum Gasteiger partial charge on any atom is -0.462 e. The second-order valence-electron chi connectivity index (χ2n) is 18.9. The molecule has 0 aliphatic carbocycles. The molecule has 0 N–H and O–H groups in total. The molecule has 0 aliphatic heterocycles. The highest BCUT2D eigenvalue weighted by Crippen LogP contribution is 2.16. The van der Waals surface area contributed by atoms with Gasteiger partial charge in [-0.05, 0) is 70.6 Å². The van der Waals surface area contributed by atoms with Crippen LogP contribution in [0.3, 0.4) is 0 Å². The Balaban J connectivity index is 4.32. The number of carbonyl (C=O) groups excluding carboxylic acids is 3. The predicted molar refractivity (Wildman–Crippen MR) is 275 cm³/mol. The lowest BCUT2D eigenvalue weighted by molar-refractivity contribution is -0.167. The van der Waals surface area contributed by atoms with E-state index in [4.69, 9.17) is 14.2 Å². The zero-order chi connectivity index (χ0) is 46.5. The van der Waals surface area contributed by atoms with E-state index < -0.39 is 6.10 Å². The van der Waals surface area contributed by atoms with Crippen LogP contribution in [0.1, 0.15) is 297 Å². The maximum absolute atomic E-state index is 12.8. The number of hydrogen-bond donors (Lipinski definition) is 0. The summed E-state index contributed by atoms with van der Waals surface area (Å²) in [6.45, 7) is 6.62. The maximum atomic E-state index is 12.8. The van der Waals surface area contributed by atoms with Crippen molar-refractivity contribution in [1.82, 2.24) is 0 Å². The Hall–Kier alpha value is -2.37. The molecule has 64 heavy (non-hydrogen) atoms. The van der Waals surface area contributed by atoms with E-state index in [1.54, 1.807) is 0 Å². The topological polar surface area (TPSA) is 78.9 Å². The van der Waals surface area contributed by atoms with Gasteiger partial charge in [-0.15, -0.1) is 0 Å². The Kier molecular flexibility index (Phi) is 51.3. The summed E-state index contributed by atoms with van der Waals surface area (Å²) < 4.78 is 16.8. The van der Waals surface area contributed by atoms with Crippen molar-refractivity contribution in [2.45, 2.75) is 303 Å². The summed E-state index contributed by atoms with van der Waals surface area (Å²) in [6, 6.07) is 0. The summed E-state index contributed by atoms with van der Waals surface area (Å²) in [4.78, 5) is 38.1. The Morgan fingerprint density at radius 3 is 0.922 bits per heavy atom. The van der Waals surface area contributed by atoms with E-state index in [1.165, 1.54) is 199 Å². The van der Waals surface area contributed by atoms with Gasteiger partial charge in [-0.3, -0.25) is 14.4 Å². The molecule has 0 rings (SSSR count). The molecular formula is C58H106O6. The Morgan fingerprint density at radius 1 is 0.312 bits per heavy atom. The molecule has 0 aliphatic rings. The molecule has 6 nitrogen and oxygen atoms in total. The van der Waals surface area contributed by atoms with Crippen LogP contribution in [0, 0.1) is 0 Å². The van der Waals surface area contributed by atoms with Crippen molar-refractivity contribution in [3.8, 4) is 0 Å². The van der Waals surface area contributed by atoms with E-state index in [0.29, 0.717) is 19.3 Å². The van der Waals surface area contributed by atoms with Crippen molar-refractivity contribution in [2.24, 2.45) is 0 Å². The number of ether oxygens (including phenoxy) is 3. The Bertz CT molecular complexity index is 1080. The van der Waals surface area contributed by atoms with Crippen LogP contribution in [0.15, 0.2) is 36.5 Å². The van der Waals surface area contributed by atoms with Gasteiger partial charge < -0.3 is 14.2 Å². The molecule has 0 spiro atoms. The number of rotatable bonds is 51. The van der Waals surface area contributed by atoms with Crippen molar-refractivity contribution in [3.05, 3.63) is 36.5 Å². The molecule has 1 atom stereocenters. The second kappa shape index (κ2) is 53.2. The van der Waals surface area contributed by atoms with Gasteiger partial charge in [0.15, 0.2) is 6.10 Å². The molecule has 0 aromatic carbocycles. The zero-order valence-corrected chi connectivity index (χ0v) is 42.8. The number of carbonyl (C=O) groups is 3. The number of esters is 3. The predicted octanol–water partition coefficient (Wildman–Crippen LogP) is 18.5. The first-order chi connectivity index (χ1) is 31.5. The molecule has 0 fully saturated rings. The molecular weight excluding hydrogens is 793 g/mol. The van der Waals surface area contributed by atoms with E-state index >= 15 is 0 Å². The number of allylic oxidation sites excluding steroid dienone is 6. The summed E-state index contributed by atoms with van der Waals surface area (Å²) in [5.41, 5.74) is 0. The van der Waals surface area contributed by atoms with Crippen LogP contribution in [0.5, 0.6) is 0 Å². The van der Waals surface area contributed by atoms with E-state index in [2.05, 4.69) is 57.2 Å². The highest BCUT2D eigenvalue weighted by Gasteiger charge is 2.19. The van der Waals surface area contributed by atoms with E-state index in [0.717, 1.165) is 57.8 Å². The monoisotopic (exact) mass is 899 g/mol. The van der Waals surface area contributed by atoms with Crippen LogP contribution in [0.4, 0.5) is 0 Å². The van der Waals surface area contributed by atoms with Crippen LogP contribution in [-0.4, -0.2) is 37.2 Å². The SMILES string of the molecule is CCCCC/C=C\C=C/CCCCCCCCCCCCC(=O)OCC(COC(=O)CCCCCCCCCCCCCC)OC(=O)CCCCCCCCC/C=C\CCCCCC. The summed E-state index contributed by atoms with van der Waals surface area (Å²) in [5.74, 6) is -0.865. The third-order valence-corrected chi connectivity index (χ3v) is 12.4. The summed E-state index contributed by atoms with van der Waals surface area (Å²) in [5, 5.41) is 0. The first-order valence-electron chi connectivity index (χ1n) is 28.0. The molecule has 1 unspecified atom stereocenters. The third-order valence-electron chi connectivity index (χ3n) is 12.4. The highest BCUT2D eigenvalue weighted by atomic mass is 16.6. The van der Waals surface area contributed by atoms with Crippen LogP contribution in [-0.2, 0) is 28.6 Å². The molecule has 0 aromatic heterocycles. The molecule has 0 saturated carbocycles. The van der Waals surface area contributed by atoms with E-state index in [-0.39, 0.29) is 31.1 Å². The van der Waals surface area contributed by atoms with Crippen LogP contribution in [0.2, 0.25) is 0 Å². The first-order valence-corrected chi connectivity index (χ1v) is 28.0. The molecule has 374 valence electrons. The lowest BCUT2D eigenvalue weighted by Crippen LogP contribution is -2.30. The fraction of sp³-hybridized carbons (Fsp3) is 0.845. The van der Waals surface area contributed by atoms with Gasteiger partial charge in [-0.25, -0.2) is 0 Å². The zero-order valence-electron chi connectivity index (χ0n) is 42.8. The fourth-order valence-corrected chi connectivity index (χ4v) is 8.14. The summed E-state index contributed by atoms with van der Waals surface area (Å²) >= 11 is 0. The minimum absolute atomic E-state index is 0.0714. The van der Waals surface area contributed by atoms with Crippen molar-refractivity contribution in [3.63, 3.8) is 0 Å². The van der Waals surface area contributed by atoms with Gasteiger partial charge in [0.25, 0.3) is 0 Å². The molecule has 0 saturated heterocycles. The van der Waals surface area contributed by atoms with Gasteiger partial charge in [0.05, 0.1) is 0 Å². The highest BCUT2D eigenvalue weighted by molar-refractivity contribution is 5.71. The Labute approximate surface area is 397 Å². The van der Waals surface area contributed by atoms with Gasteiger partial charge >= 0.3 is 17.9 Å². The average Bonchev–Trinajstić information content (AvgIpc) is 3.29. The molecule has 0 heterocycles. The smallest absolute Gasteiger partial charge is 0.306 e. The normalized spacial score (nSPS) is 12.2. The second-order valence-corrected chi connectivity index (χ2v) is 18.9. The van der Waals surface area contributed by atoms with E-state index in [1.807, 2.05) is 0 Å². The lowest BCUT2D eigenvalue weighted by atomic mass is 10.0.